The second kappa shape index (κ2) is 7.60. The Balaban J connectivity index is 0.00000208. The molecule has 0 atom stereocenters. The van der Waals surface area contributed by atoms with Gasteiger partial charge in [-0.15, -0.1) is 12.4 Å². The molecule has 0 unspecified atom stereocenters. The van der Waals surface area contributed by atoms with Crippen LogP contribution in [-0.2, 0) is 10.0 Å². The van der Waals surface area contributed by atoms with Crippen LogP contribution in [0, 0.1) is 5.82 Å². The first-order chi connectivity index (χ1) is 11.0. The molecule has 0 aliphatic carbocycles. The standard InChI is InChI=1S/C15H19FN4O2S.ClH/c1-19(12-6-8-17-9-7-12)23(21,22)13-10-18-20(11-13)15-5-3-2-4-14(15)16;/h2-5,10-12,17H,6-9H2,1H3;1H. The lowest BCUT2D eigenvalue weighted by atomic mass is 10.1. The fourth-order valence-electron chi connectivity index (χ4n) is 2.74. The molecule has 1 fully saturated rings. The van der Waals surface area contributed by atoms with E-state index in [9.17, 15) is 12.8 Å². The monoisotopic (exact) mass is 374 g/mol. The lowest BCUT2D eigenvalue weighted by Gasteiger charge is -2.30. The molecular weight excluding hydrogens is 355 g/mol. The maximum atomic E-state index is 13.8. The number of piperidine rings is 1. The largest absolute Gasteiger partial charge is 0.317 e. The molecule has 1 aliphatic heterocycles. The van der Waals surface area contributed by atoms with Crippen LogP contribution >= 0.6 is 12.4 Å². The van der Waals surface area contributed by atoms with Gasteiger partial charge in [0.1, 0.15) is 16.4 Å². The Labute approximate surface area is 147 Å². The van der Waals surface area contributed by atoms with Crippen molar-refractivity contribution in [2.24, 2.45) is 0 Å². The summed E-state index contributed by atoms with van der Waals surface area (Å²) >= 11 is 0. The second-order valence-corrected chi connectivity index (χ2v) is 7.57. The molecule has 1 aliphatic rings. The third-order valence-corrected chi connectivity index (χ3v) is 6.02. The van der Waals surface area contributed by atoms with Crippen LogP contribution in [0.4, 0.5) is 4.39 Å². The number of aromatic nitrogens is 2. The first kappa shape index (κ1) is 18.9. The summed E-state index contributed by atoms with van der Waals surface area (Å²) in [6.07, 6.45) is 4.17. The number of rotatable bonds is 4. The van der Waals surface area contributed by atoms with E-state index < -0.39 is 15.8 Å². The highest BCUT2D eigenvalue weighted by Crippen LogP contribution is 2.22. The maximum Gasteiger partial charge on any atom is 0.246 e. The van der Waals surface area contributed by atoms with Gasteiger partial charge >= 0.3 is 0 Å². The molecule has 0 radical (unpaired) electrons. The van der Waals surface area contributed by atoms with E-state index >= 15 is 0 Å². The van der Waals surface area contributed by atoms with Crippen LogP contribution in [0.5, 0.6) is 0 Å². The van der Waals surface area contributed by atoms with Gasteiger partial charge in [0, 0.05) is 13.1 Å². The topological polar surface area (TPSA) is 67.2 Å². The molecule has 1 aromatic carbocycles. The van der Waals surface area contributed by atoms with Crippen molar-refractivity contribution in [2.75, 3.05) is 20.1 Å². The Bertz CT molecular complexity index is 790. The normalized spacial score (nSPS) is 16.1. The molecule has 0 spiro atoms. The summed E-state index contributed by atoms with van der Waals surface area (Å²) in [6.45, 7) is 1.61. The molecule has 0 bridgehead atoms. The summed E-state index contributed by atoms with van der Waals surface area (Å²) in [5.74, 6) is -0.453. The van der Waals surface area contributed by atoms with Crippen LogP contribution in [0.3, 0.4) is 0 Å². The van der Waals surface area contributed by atoms with Gasteiger partial charge in [0.15, 0.2) is 0 Å². The van der Waals surface area contributed by atoms with Crippen LogP contribution in [0.1, 0.15) is 12.8 Å². The van der Waals surface area contributed by atoms with Gasteiger partial charge in [0.25, 0.3) is 0 Å². The summed E-state index contributed by atoms with van der Waals surface area (Å²) in [5.41, 5.74) is 0.221. The zero-order valence-corrected chi connectivity index (χ0v) is 14.9. The summed E-state index contributed by atoms with van der Waals surface area (Å²) in [7, 11) is -2.05. The molecule has 1 saturated heterocycles. The fraction of sp³-hybridized carbons (Fsp3) is 0.400. The lowest BCUT2D eigenvalue weighted by molar-refractivity contribution is 0.296. The molecule has 1 aromatic heterocycles. The summed E-state index contributed by atoms with van der Waals surface area (Å²) in [4.78, 5) is 0.0711. The Morgan fingerprint density at radius 3 is 2.62 bits per heavy atom. The second-order valence-electron chi connectivity index (χ2n) is 5.57. The number of nitrogens with one attached hydrogen (secondary N) is 1. The van der Waals surface area contributed by atoms with E-state index in [1.54, 1.807) is 25.2 Å². The van der Waals surface area contributed by atoms with Gasteiger partial charge in [-0.1, -0.05) is 12.1 Å². The van der Waals surface area contributed by atoms with Crippen molar-refractivity contribution in [3.05, 3.63) is 42.5 Å². The quantitative estimate of drug-likeness (QED) is 0.886. The average molecular weight is 375 g/mol. The van der Waals surface area contributed by atoms with Crippen LogP contribution in [0.15, 0.2) is 41.6 Å². The zero-order chi connectivity index (χ0) is 16.4. The molecule has 1 N–H and O–H groups in total. The predicted octanol–water partition coefficient (Wildman–Crippen LogP) is 1.81. The van der Waals surface area contributed by atoms with Crippen LogP contribution in [0.2, 0.25) is 0 Å². The van der Waals surface area contributed by atoms with Gasteiger partial charge in [-0.2, -0.15) is 9.40 Å². The highest BCUT2D eigenvalue weighted by atomic mass is 35.5. The minimum absolute atomic E-state index is 0. The lowest BCUT2D eigenvalue weighted by Crippen LogP contribution is -2.43. The molecule has 2 aromatic rings. The smallest absolute Gasteiger partial charge is 0.246 e. The van der Waals surface area contributed by atoms with Crippen LogP contribution in [-0.4, -0.2) is 48.7 Å². The van der Waals surface area contributed by atoms with Crippen molar-refractivity contribution in [2.45, 2.75) is 23.8 Å². The van der Waals surface area contributed by atoms with E-state index in [2.05, 4.69) is 10.4 Å². The SMILES string of the molecule is CN(C1CCNCC1)S(=O)(=O)c1cnn(-c2ccccc2F)c1.Cl. The predicted molar refractivity (Wildman–Crippen MR) is 91.6 cm³/mol. The van der Waals surface area contributed by atoms with E-state index in [0.29, 0.717) is 0 Å². The van der Waals surface area contributed by atoms with Gasteiger partial charge in [0.2, 0.25) is 10.0 Å². The van der Waals surface area contributed by atoms with Gasteiger partial charge in [-0.3, -0.25) is 0 Å². The Morgan fingerprint density at radius 2 is 1.96 bits per heavy atom. The number of hydrogen-bond acceptors (Lipinski definition) is 4. The van der Waals surface area contributed by atoms with E-state index in [-0.39, 0.29) is 29.0 Å². The highest BCUT2D eigenvalue weighted by Gasteiger charge is 2.30. The van der Waals surface area contributed by atoms with Gasteiger partial charge in [-0.25, -0.2) is 17.5 Å². The molecule has 6 nitrogen and oxygen atoms in total. The molecule has 2 heterocycles. The fourth-order valence-corrected chi connectivity index (χ4v) is 4.09. The Morgan fingerprint density at radius 1 is 1.29 bits per heavy atom. The molecule has 132 valence electrons. The molecule has 0 amide bonds. The number of halogens is 2. The van der Waals surface area contributed by atoms with Crippen molar-refractivity contribution < 1.29 is 12.8 Å². The highest BCUT2D eigenvalue weighted by molar-refractivity contribution is 7.89. The first-order valence-corrected chi connectivity index (χ1v) is 8.92. The van der Waals surface area contributed by atoms with Crippen LogP contribution < -0.4 is 5.32 Å². The Hall–Kier alpha value is -1.48. The maximum absolute atomic E-state index is 13.8. The Kier molecular flexibility index (Phi) is 5.97. The average Bonchev–Trinajstić information content (AvgIpc) is 3.06. The van der Waals surface area contributed by atoms with Gasteiger partial charge < -0.3 is 5.32 Å². The number of hydrogen-bond donors (Lipinski definition) is 1. The first-order valence-electron chi connectivity index (χ1n) is 7.48. The van der Waals surface area contributed by atoms with Crippen molar-refractivity contribution in [1.82, 2.24) is 19.4 Å². The van der Waals surface area contributed by atoms with E-state index in [4.69, 9.17) is 0 Å². The minimum Gasteiger partial charge on any atom is -0.317 e. The third kappa shape index (κ3) is 3.61. The van der Waals surface area contributed by atoms with Crippen molar-refractivity contribution in [3.8, 4) is 5.69 Å². The number of nitrogens with zero attached hydrogens (tertiary/aromatic N) is 3. The summed E-state index contributed by atoms with van der Waals surface area (Å²) < 4.78 is 41.9. The van der Waals surface area contributed by atoms with Crippen molar-refractivity contribution >= 4 is 22.4 Å². The van der Waals surface area contributed by atoms with E-state index in [1.807, 2.05) is 0 Å². The summed E-state index contributed by atoms with van der Waals surface area (Å²) in [5, 5.41) is 7.21. The van der Waals surface area contributed by atoms with Crippen molar-refractivity contribution in [1.29, 1.82) is 0 Å². The number of benzene rings is 1. The van der Waals surface area contributed by atoms with Crippen molar-refractivity contribution in [3.63, 3.8) is 0 Å². The molecule has 9 heteroatoms. The molecule has 3 rings (SSSR count). The number of sulfonamides is 1. The van der Waals surface area contributed by atoms with E-state index in [1.165, 1.54) is 27.4 Å². The summed E-state index contributed by atoms with van der Waals surface area (Å²) in [6, 6.07) is 6.08. The minimum atomic E-state index is -3.64. The van der Waals surface area contributed by atoms with E-state index in [0.717, 1.165) is 25.9 Å². The molecule has 0 saturated carbocycles. The zero-order valence-electron chi connectivity index (χ0n) is 13.2. The molecule has 24 heavy (non-hydrogen) atoms. The third-order valence-electron chi connectivity index (χ3n) is 4.16. The number of para-hydroxylation sites is 1. The van der Waals surface area contributed by atoms with Gasteiger partial charge in [0.05, 0.1) is 12.4 Å². The molecular formula is C15H20ClFN4O2S. The van der Waals surface area contributed by atoms with Crippen LogP contribution in [0.25, 0.3) is 5.69 Å². The van der Waals surface area contributed by atoms with Gasteiger partial charge in [-0.05, 0) is 38.1 Å².